The zero-order valence-electron chi connectivity index (χ0n) is 21.6. The van der Waals surface area contributed by atoms with Crippen LogP contribution in [0.1, 0.15) is 61.1 Å². The lowest BCUT2D eigenvalue weighted by Crippen LogP contribution is -2.35. The highest BCUT2D eigenvalue weighted by Crippen LogP contribution is 2.52. The van der Waals surface area contributed by atoms with Crippen molar-refractivity contribution in [2.75, 3.05) is 26.8 Å². The number of aliphatic hydroxyl groups excluding tert-OH is 1. The molecule has 4 nitrogen and oxygen atoms in total. The summed E-state index contributed by atoms with van der Waals surface area (Å²) in [6.45, 7) is 5.24. The Kier molecular flexibility index (Phi) is 7.64. The first-order valence-electron chi connectivity index (χ1n) is 13.4. The summed E-state index contributed by atoms with van der Waals surface area (Å²) in [4.78, 5) is 2.55. The Labute approximate surface area is 215 Å². The van der Waals surface area contributed by atoms with Gasteiger partial charge >= 0.3 is 0 Å². The van der Waals surface area contributed by atoms with Crippen LogP contribution in [-0.2, 0) is 6.54 Å². The van der Waals surface area contributed by atoms with Crippen LogP contribution < -0.4 is 9.47 Å². The minimum atomic E-state index is -0.149. The van der Waals surface area contributed by atoms with Crippen molar-refractivity contribution >= 4 is 0 Å². The second-order valence-corrected chi connectivity index (χ2v) is 10.8. The molecular formula is C32H39NO3. The molecule has 1 aliphatic heterocycles. The second-order valence-electron chi connectivity index (χ2n) is 10.8. The first kappa shape index (κ1) is 24.9. The molecule has 1 aliphatic carbocycles. The van der Waals surface area contributed by atoms with Gasteiger partial charge in [0.2, 0.25) is 0 Å². The zero-order chi connectivity index (χ0) is 25.0. The maximum atomic E-state index is 10.7. The minimum Gasteiger partial charge on any atom is -0.493 e. The molecule has 2 fully saturated rings. The van der Waals surface area contributed by atoms with Gasteiger partial charge in [0.05, 0.1) is 19.8 Å². The summed E-state index contributed by atoms with van der Waals surface area (Å²) < 4.78 is 12.2. The third-order valence-electron chi connectivity index (χ3n) is 8.42. The second kappa shape index (κ2) is 11.1. The van der Waals surface area contributed by atoms with Gasteiger partial charge in [0.1, 0.15) is 0 Å². The number of nitrogens with zero attached hydrogens (tertiary/aromatic N) is 1. The van der Waals surface area contributed by atoms with Crippen LogP contribution in [0.15, 0.2) is 78.9 Å². The molecule has 1 heterocycles. The molecule has 0 amide bonds. The van der Waals surface area contributed by atoms with Crippen LogP contribution in [0, 0.1) is 5.41 Å². The first-order valence-corrected chi connectivity index (χ1v) is 13.4. The average molecular weight is 486 g/mol. The maximum Gasteiger partial charge on any atom is 0.161 e. The third-order valence-corrected chi connectivity index (χ3v) is 8.42. The van der Waals surface area contributed by atoms with Crippen molar-refractivity contribution in [1.82, 2.24) is 4.90 Å². The molecule has 190 valence electrons. The predicted molar refractivity (Wildman–Crippen MR) is 145 cm³/mol. The fourth-order valence-electron chi connectivity index (χ4n) is 6.49. The summed E-state index contributed by atoms with van der Waals surface area (Å²) >= 11 is 0. The van der Waals surface area contributed by atoms with Crippen molar-refractivity contribution in [1.29, 1.82) is 0 Å². The van der Waals surface area contributed by atoms with Gasteiger partial charge in [0.25, 0.3) is 0 Å². The normalized spacial score (nSPS) is 23.6. The molecule has 0 radical (unpaired) electrons. The topological polar surface area (TPSA) is 41.9 Å². The number of hydrogen-bond donors (Lipinski definition) is 1. The van der Waals surface area contributed by atoms with Crippen LogP contribution in [0.4, 0.5) is 0 Å². The van der Waals surface area contributed by atoms with E-state index in [0.29, 0.717) is 0 Å². The van der Waals surface area contributed by atoms with E-state index in [9.17, 15) is 5.11 Å². The van der Waals surface area contributed by atoms with Crippen LogP contribution in [0.25, 0.3) is 0 Å². The van der Waals surface area contributed by atoms with Crippen molar-refractivity contribution in [3.8, 4) is 11.5 Å². The van der Waals surface area contributed by atoms with Gasteiger partial charge in [-0.1, -0.05) is 73.7 Å². The smallest absolute Gasteiger partial charge is 0.161 e. The quantitative estimate of drug-likeness (QED) is 0.381. The molecule has 4 heteroatoms. The highest BCUT2D eigenvalue weighted by molar-refractivity contribution is 5.45. The molecule has 1 unspecified atom stereocenters. The molecule has 3 aromatic rings. The van der Waals surface area contributed by atoms with E-state index in [1.807, 2.05) is 6.07 Å². The fraction of sp³-hybridized carbons (Fsp3) is 0.438. The van der Waals surface area contributed by atoms with Crippen molar-refractivity contribution in [3.05, 3.63) is 95.6 Å². The highest BCUT2D eigenvalue weighted by atomic mass is 16.5. The number of benzene rings is 3. The Morgan fingerprint density at radius 3 is 2.31 bits per heavy atom. The van der Waals surface area contributed by atoms with Gasteiger partial charge in [-0.05, 0) is 59.9 Å². The Morgan fingerprint density at radius 1 is 0.944 bits per heavy atom. The van der Waals surface area contributed by atoms with E-state index in [-0.39, 0.29) is 30.0 Å². The van der Waals surface area contributed by atoms with E-state index in [2.05, 4.69) is 84.6 Å². The number of ether oxygens (including phenoxy) is 2. The molecule has 0 aromatic heterocycles. The molecule has 3 atom stereocenters. The number of likely N-dealkylation sites (tertiary alicyclic amines) is 1. The average Bonchev–Trinajstić information content (AvgIpc) is 3.53. The molecule has 0 spiro atoms. The Balaban J connectivity index is 1.50. The molecule has 2 aliphatic rings. The molecular weight excluding hydrogens is 446 g/mol. The molecule has 3 aromatic carbocycles. The standard InChI is InChI=1S/C32H39NO3/c1-32(29(22-34)25-13-7-4-8-14-25)23-33(20-24-11-5-3-6-12-24)21-28(32)26-17-18-30(35-2)31(19-26)36-27-15-9-10-16-27/h3-8,11-14,17-19,27-29,34H,9-10,15-16,20-23H2,1-2H3/t28-,29?,32+/m0/s1. The lowest BCUT2D eigenvalue weighted by molar-refractivity contribution is 0.145. The number of aliphatic hydroxyl groups is 1. The summed E-state index contributed by atoms with van der Waals surface area (Å²) in [5.74, 6) is 1.93. The summed E-state index contributed by atoms with van der Waals surface area (Å²) in [5.41, 5.74) is 3.63. The van der Waals surface area contributed by atoms with Crippen molar-refractivity contribution < 1.29 is 14.6 Å². The molecule has 1 saturated heterocycles. The summed E-state index contributed by atoms with van der Waals surface area (Å²) in [5, 5.41) is 10.7. The maximum absolute atomic E-state index is 10.7. The molecule has 36 heavy (non-hydrogen) atoms. The minimum absolute atomic E-state index is 0.0331. The van der Waals surface area contributed by atoms with Gasteiger partial charge in [-0.2, -0.15) is 0 Å². The Bertz CT molecular complexity index is 1110. The third kappa shape index (κ3) is 5.16. The monoisotopic (exact) mass is 485 g/mol. The van der Waals surface area contributed by atoms with E-state index in [1.165, 1.54) is 29.5 Å². The zero-order valence-corrected chi connectivity index (χ0v) is 21.6. The fourth-order valence-corrected chi connectivity index (χ4v) is 6.49. The lowest BCUT2D eigenvalue weighted by atomic mass is 9.65. The van der Waals surface area contributed by atoms with Gasteiger partial charge in [-0.15, -0.1) is 0 Å². The largest absolute Gasteiger partial charge is 0.493 e. The van der Waals surface area contributed by atoms with Crippen molar-refractivity contribution in [2.45, 2.75) is 57.1 Å². The van der Waals surface area contributed by atoms with E-state index in [4.69, 9.17) is 9.47 Å². The molecule has 1 saturated carbocycles. The molecule has 0 bridgehead atoms. The van der Waals surface area contributed by atoms with Crippen molar-refractivity contribution in [2.24, 2.45) is 5.41 Å². The van der Waals surface area contributed by atoms with Crippen LogP contribution in [0.3, 0.4) is 0 Å². The van der Waals surface area contributed by atoms with Gasteiger partial charge in [-0.25, -0.2) is 0 Å². The van der Waals surface area contributed by atoms with Gasteiger partial charge in [-0.3, -0.25) is 4.90 Å². The van der Waals surface area contributed by atoms with Gasteiger partial charge < -0.3 is 14.6 Å². The van der Waals surface area contributed by atoms with E-state index >= 15 is 0 Å². The lowest BCUT2D eigenvalue weighted by Gasteiger charge is -2.39. The predicted octanol–water partition coefficient (Wildman–Crippen LogP) is 6.40. The first-order chi connectivity index (χ1) is 17.6. The van der Waals surface area contributed by atoms with E-state index < -0.39 is 0 Å². The molecule has 5 rings (SSSR count). The van der Waals surface area contributed by atoms with Gasteiger partial charge in [0, 0.05) is 31.5 Å². The van der Waals surface area contributed by atoms with E-state index in [0.717, 1.165) is 44.0 Å². The summed E-state index contributed by atoms with van der Waals surface area (Å²) in [7, 11) is 1.72. The molecule has 1 N–H and O–H groups in total. The Morgan fingerprint density at radius 2 is 1.64 bits per heavy atom. The van der Waals surface area contributed by atoms with Crippen LogP contribution >= 0.6 is 0 Å². The summed E-state index contributed by atoms with van der Waals surface area (Å²) in [6, 6.07) is 27.7. The van der Waals surface area contributed by atoms with Gasteiger partial charge in [0.15, 0.2) is 11.5 Å². The highest BCUT2D eigenvalue weighted by Gasteiger charge is 2.49. The number of methoxy groups -OCH3 is 1. The van der Waals surface area contributed by atoms with Crippen LogP contribution in [0.2, 0.25) is 0 Å². The summed E-state index contributed by atoms with van der Waals surface area (Å²) in [6.07, 6.45) is 4.96. The number of hydrogen-bond acceptors (Lipinski definition) is 4. The van der Waals surface area contributed by atoms with Crippen LogP contribution in [0.5, 0.6) is 11.5 Å². The Hall–Kier alpha value is -2.82. The van der Waals surface area contributed by atoms with Crippen LogP contribution in [-0.4, -0.2) is 42.9 Å². The van der Waals surface area contributed by atoms with E-state index in [1.54, 1.807) is 7.11 Å². The van der Waals surface area contributed by atoms with Crippen molar-refractivity contribution in [3.63, 3.8) is 0 Å². The number of rotatable bonds is 9. The SMILES string of the molecule is COc1ccc([C@@H]2CN(Cc3ccccc3)C[C@@]2(C)C(CO)c2ccccc2)cc1OC1CCCC1.